The maximum Gasteiger partial charge on any atom is 0.291 e. The van der Waals surface area contributed by atoms with Gasteiger partial charge in [0, 0.05) is 6.04 Å². The Bertz CT molecular complexity index is 1310. The fourth-order valence-electron chi connectivity index (χ4n) is 3.65. The molecule has 3 aromatic rings. The van der Waals surface area contributed by atoms with Crippen molar-refractivity contribution in [3.63, 3.8) is 0 Å². The van der Waals surface area contributed by atoms with Gasteiger partial charge in [-0.15, -0.1) is 10.2 Å². The van der Waals surface area contributed by atoms with E-state index in [1.54, 1.807) is 36.4 Å². The average molecular weight is 520 g/mol. The first-order valence-electron chi connectivity index (χ1n) is 10.7. The summed E-state index contributed by atoms with van der Waals surface area (Å²) in [5.41, 5.74) is 0.570. The summed E-state index contributed by atoms with van der Waals surface area (Å²) in [5.74, 6) is -0.876. The van der Waals surface area contributed by atoms with Crippen molar-refractivity contribution in [3.8, 4) is 0 Å². The van der Waals surface area contributed by atoms with Crippen LogP contribution in [0.1, 0.15) is 52.8 Å². The van der Waals surface area contributed by atoms with E-state index in [-0.39, 0.29) is 43.3 Å². The number of sulfonamides is 1. The van der Waals surface area contributed by atoms with E-state index in [0.717, 1.165) is 32.1 Å². The van der Waals surface area contributed by atoms with Crippen LogP contribution >= 0.6 is 22.9 Å². The highest BCUT2D eigenvalue weighted by Gasteiger charge is 2.25. The number of benzene rings is 2. The largest absolute Gasteiger partial charge is 0.349 e. The van der Waals surface area contributed by atoms with Crippen LogP contribution in [0.4, 0.5) is 10.8 Å². The van der Waals surface area contributed by atoms with Crippen LogP contribution in [0.2, 0.25) is 5.02 Å². The second-order valence-electron chi connectivity index (χ2n) is 7.77. The van der Waals surface area contributed by atoms with E-state index in [9.17, 15) is 18.0 Å². The maximum atomic E-state index is 12.9. The minimum Gasteiger partial charge on any atom is -0.349 e. The highest BCUT2D eigenvalue weighted by molar-refractivity contribution is 7.94. The number of carbonyl (C=O) groups is 2. The fourth-order valence-corrected chi connectivity index (χ4v) is 5.85. The molecule has 1 saturated carbocycles. The molecule has 4 rings (SSSR count). The van der Waals surface area contributed by atoms with Crippen molar-refractivity contribution >= 4 is 55.6 Å². The second kappa shape index (κ2) is 10.5. The van der Waals surface area contributed by atoms with Gasteiger partial charge in [-0.25, -0.2) is 0 Å². The molecule has 0 spiro atoms. The molecule has 0 aliphatic heterocycles. The van der Waals surface area contributed by atoms with Gasteiger partial charge < -0.3 is 5.32 Å². The summed E-state index contributed by atoms with van der Waals surface area (Å²) in [6, 6.07) is 12.9. The third-order valence-electron chi connectivity index (χ3n) is 5.33. The van der Waals surface area contributed by atoms with E-state index in [4.69, 9.17) is 11.6 Å². The number of para-hydroxylation sites is 1. The third kappa shape index (κ3) is 5.72. The quantitative estimate of drug-likeness (QED) is 0.399. The maximum absolute atomic E-state index is 12.9. The van der Waals surface area contributed by atoms with Crippen LogP contribution in [0.5, 0.6) is 0 Å². The summed E-state index contributed by atoms with van der Waals surface area (Å²) in [4.78, 5) is 25.2. The average Bonchev–Trinajstić information content (AvgIpc) is 3.29. The zero-order valence-corrected chi connectivity index (χ0v) is 20.3. The van der Waals surface area contributed by atoms with E-state index in [2.05, 4.69) is 25.6 Å². The van der Waals surface area contributed by atoms with Crippen LogP contribution in [0, 0.1) is 0 Å². The molecule has 0 bridgehead atoms. The first-order valence-corrected chi connectivity index (χ1v) is 13.3. The van der Waals surface area contributed by atoms with Crippen LogP contribution in [0.25, 0.3) is 0 Å². The predicted molar refractivity (Wildman–Crippen MR) is 131 cm³/mol. The molecule has 1 aromatic heterocycles. The van der Waals surface area contributed by atoms with Crippen LogP contribution in [-0.2, 0) is 10.0 Å². The van der Waals surface area contributed by atoms with Gasteiger partial charge in [0.15, 0.2) is 0 Å². The molecular formula is C22H22ClN5O4S2. The number of amides is 2. The monoisotopic (exact) mass is 519 g/mol. The van der Waals surface area contributed by atoms with Crippen LogP contribution in [0.3, 0.4) is 0 Å². The molecule has 0 radical (unpaired) electrons. The van der Waals surface area contributed by atoms with E-state index in [0.29, 0.717) is 11.3 Å². The van der Waals surface area contributed by atoms with Crippen molar-refractivity contribution in [1.82, 2.24) is 15.5 Å². The number of anilines is 2. The SMILES string of the molecule is O=C(Nc1nnc(S(=O)(=O)Nc2ccccc2C(=O)NC2CCCCC2)s1)c1ccccc1Cl. The van der Waals surface area contributed by atoms with Crippen molar-refractivity contribution in [1.29, 1.82) is 0 Å². The lowest BCUT2D eigenvalue weighted by molar-refractivity contribution is 0.0928. The second-order valence-corrected chi connectivity index (χ2v) is 11.0. The molecule has 9 nitrogen and oxygen atoms in total. The molecule has 178 valence electrons. The zero-order chi connectivity index (χ0) is 24.1. The van der Waals surface area contributed by atoms with E-state index in [1.165, 1.54) is 12.1 Å². The molecule has 12 heteroatoms. The molecule has 2 aromatic carbocycles. The lowest BCUT2D eigenvalue weighted by Gasteiger charge is -2.23. The highest BCUT2D eigenvalue weighted by Crippen LogP contribution is 2.26. The number of rotatable bonds is 7. The minimum atomic E-state index is -4.15. The van der Waals surface area contributed by atoms with Gasteiger partial charge in [-0.05, 0) is 37.1 Å². The lowest BCUT2D eigenvalue weighted by atomic mass is 9.95. The van der Waals surface area contributed by atoms with E-state index in [1.807, 2.05) is 0 Å². The number of nitrogens with zero attached hydrogens (tertiary/aromatic N) is 2. The summed E-state index contributed by atoms with van der Waals surface area (Å²) < 4.78 is 27.9. The Hall–Kier alpha value is -3.02. The van der Waals surface area contributed by atoms with Crippen molar-refractivity contribution in [2.75, 3.05) is 10.0 Å². The third-order valence-corrected chi connectivity index (χ3v) is 8.23. The first-order chi connectivity index (χ1) is 16.3. The molecule has 1 heterocycles. The summed E-state index contributed by atoms with van der Waals surface area (Å²) in [6.07, 6.45) is 5.10. The molecule has 0 unspecified atom stereocenters. The molecule has 0 saturated heterocycles. The van der Waals surface area contributed by atoms with Gasteiger partial charge in [0.2, 0.25) is 5.13 Å². The molecule has 1 aliphatic rings. The Morgan fingerprint density at radius 1 is 0.912 bits per heavy atom. The highest BCUT2D eigenvalue weighted by atomic mass is 35.5. The Morgan fingerprint density at radius 2 is 1.59 bits per heavy atom. The summed E-state index contributed by atoms with van der Waals surface area (Å²) in [6.45, 7) is 0. The van der Waals surface area contributed by atoms with E-state index < -0.39 is 15.9 Å². The van der Waals surface area contributed by atoms with Crippen molar-refractivity contribution < 1.29 is 18.0 Å². The number of hydrogen-bond acceptors (Lipinski definition) is 7. The van der Waals surface area contributed by atoms with Crippen molar-refractivity contribution in [2.45, 2.75) is 42.5 Å². The molecule has 1 fully saturated rings. The van der Waals surface area contributed by atoms with Gasteiger partial charge in [0.05, 0.1) is 21.8 Å². The standard InChI is InChI=1S/C22H22ClN5O4S2/c23-17-12-6-4-10-15(17)19(29)25-21-26-27-22(33-21)34(31,32)28-18-13-7-5-11-16(18)20(30)24-14-8-2-1-3-9-14/h4-7,10-14,28H,1-3,8-9H2,(H,24,30)(H,25,26,29). The Balaban J connectivity index is 1.48. The normalized spacial score (nSPS) is 14.4. The minimum absolute atomic E-state index is 0.00591. The number of carbonyl (C=O) groups excluding carboxylic acids is 2. The summed E-state index contributed by atoms with van der Waals surface area (Å²) in [5, 5.41) is 13.2. The van der Waals surface area contributed by atoms with Crippen molar-refractivity contribution in [2.24, 2.45) is 0 Å². The molecule has 34 heavy (non-hydrogen) atoms. The first kappa shape index (κ1) is 24.1. The number of aromatic nitrogens is 2. The van der Waals surface area contributed by atoms with E-state index >= 15 is 0 Å². The van der Waals surface area contributed by atoms with Crippen LogP contribution in [0.15, 0.2) is 52.9 Å². The Kier molecular flexibility index (Phi) is 7.44. The van der Waals surface area contributed by atoms with Gasteiger partial charge in [-0.2, -0.15) is 8.42 Å². The molecule has 2 amide bonds. The molecule has 3 N–H and O–H groups in total. The van der Waals surface area contributed by atoms with Gasteiger partial charge in [0.25, 0.3) is 26.2 Å². The number of halogens is 1. The Morgan fingerprint density at radius 3 is 2.32 bits per heavy atom. The predicted octanol–water partition coefficient (Wildman–Crippen LogP) is 4.31. The van der Waals surface area contributed by atoms with Gasteiger partial charge >= 0.3 is 0 Å². The smallest absolute Gasteiger partial charge is 0.291 e. The van der Waals surface area contributed by atoms with Gasteiger partial charge in [-0.1, -0.05) is 66.5 Å². The van der Waals surface area contributed by atoms with Gasteiger partial charge in [-0.3, -0.25) is 19.6 Å². The zero-order valence-electron chi connectivity index (χ0n) is 18.0. The van der Waals surface area contributed by atoms with Crippen LogP contribution < -0.4 is 15.4 Å². The molecule has 0 atom stereocenters. The molecular weight excluding hydrogens is 498 g/mol. The number of hydrogen-bond donors (Lipinski definition) is 3. The van der Waals surface area contributed by atoms with Crippen LogP contribution in [-0.4, -0.2) is 36.5 Å². The fraction of sp³-hybridized carbons (Fsp3) is 0.273. The van der Waals surface area contributed by atoms with Gasteiger partial charge in [0.1, 0.15) is 0 Å². The lowest BCUT2D eigenvalue weighted by Crippen LogP contribution is -2.36. The Labute approximate surface area is 206 Å². The number of nitrogens with one attached hydrogen (secondary N) is 3. The summed E-state index contributed by atoms with van der Waals surface area (Å²) >= 11 is 6.71. The molecule has 1 aliphatic carbocycles. The summed E-state index contributed by atoms with van der Waals surface area (Å²) in [7, 11) is -4.15. The topological polar surface area (TPSA) is 130 Å². The van der Waals surface area contributed by atoms with Crippen molar-refractivity contribution in [3.05, 3.63) is 64.7 Å².